The fourth-order valence-electron chi connectivity index (χ4n) is 7.51. The van der Waals surface area contributed by atoms with Crippen molar-refractivity contribution in [3.63, 3.8) is 0 Å². The zero-order valence-corrected chi connectivity index (χ0v) is 16.8. The number of allylic oxidation sites excluding steroid dienone is 6. The Labute approximate surface area is 155 Å². The summed E-state index contributed by atoms with van der Waals surface area (Å²) in [4.78, 5) is 0. The molecule has 3 fully saturated rings. The summed E-state index contributed by atoms with van der Waals surface area (Å²) in [5.41, 5.74) is 5.45. The molecule has 0 spiro atoms. The highest BCUT2D eigenvalue weighted by Crippen LogP contribution is 2.71. The van der Waals surface area contributed by atoms with E-state index in [2.05, 4.69) is 59.1 Å². The van der Waals surface area contributed by atoms with Gasteiger partial charge < -0.3 is 0 Å². The van der Waals surface area contributed by atoms with Gasteiger partial charge in [-0.3, -0.25) is 0 Å². The third-order valence-electron chi connectivity index (χ3n) is 9.46. The molecule has 0 heteroatoms. The summed E-state index contributed by atoms with van der Waals surface area (Å²) in [6.45, 7) is 18.7. The van der Waals surface area contributed by atoms with Gasteiger partial charge in [0.25, 0.3) is 0 Å². The molecule has 0 saturated heterocycles. The van der Waals surface area contributed by atoms with Gasteiger partial charge in [-0.15, -0.1) is 0 Å². The van der Waals surface area contributed by atoms with Crippen molar-refractivity contribution < 1.29 is 0 Å². The van der Waals surface area contributed by atoms with Crippen molar-refractivity contribution in [3.05, 3.63) is 48.1 Å². The van der Waals surface area contributed by atoms with E-state index in [0.717, 1.165) is 24.2 Å². The molecular formula is C25H36. The molecule has 0 aliphatic heterocycles. The van der Waals surface area contributed by atoms with Gasteiger partial charge in [0.2, 0.25) is 0 Å². The second-order valence-corrected chi connectivity index (χ2v) is 10.1. The molecule has 0 amide bonds. The van der Waals surface area contributed by atoms with Crippen LogP contribution in [0, 0.1) is 34.0 Å². The first-order valence-electron chi connectivity index (χ1n) is 10.5. The zero-order valence-electron chi connectivity index (χ0n) is 16.8. The molecule has 3 saturated carbocycles. The van der Waals surface area contributed by atoms with Crippen molar-refractivity contribution in [3.8, 4) is 0 Å². The van der Waals surface area contributed by atoms with Gasteiger partial charge >= 0.3 is 0 Å². The number of hydrogen-bond donors (Lipinski definition) is 0. The van der Waals surface area contributed by atoms with Crippen molar-refractivity contribution in [1.29, 1.82) is 0 Å². The van der Waals surface area contributed by atoms with E-state index >= 15 is 0 Å². The molecule has 0 N–H and O–H groups in total. The molecule has 0 radical (unpaired) electrons. The van der Waals surface area contributed by atoms with Crippen molar-refractivity contribution >= 4 is 0 Å². The maximum Gasteiger partial charge on any atom is 0.0100 e. The summed E-state index contributed by atoms with van der Waals surface area (Å²) in [5.74, 6) is 2.60. The van der Waals surface area contributed by atoms with Crippen LogP contribution in [0.2, 0.25) is 0 Å². The first-order valence-corrected chi connectivity index (χ1v) is 10.5. The lowest BCUT2D eigenvalue weighted by atomic mass is 9.45. The Morgan fingerprint density at radius 2 is 1.84 bits per heavy atom. The highest BCUT2D eigenvalue weighted by Gasteiger charge is 2.62. The van der Waals surface area contributed by atoms with E-state index in [4.69, 9.17) is 0 Å². The zero-order chi connectivity index (χ0) is 18.0. The van der Waals surface area contributed by atoms with Crippen LogP contribution in [-0.2, 0) is 0 Å². The first-order chi connectivity index (χ1) is 11.8. The van der Waals surface area contributed by atoms with Crippen molar-refractivity contribution in [2.75, 3.05) is 0 Å². The maximum absolute atomic E-state index is 4.52. The van der Waals surface area contributed by atoms with E-state index in [1.807, 2.05) is 0 Å². The summed E-state index contributed by atoms with van der Waals surface area (Å²) < 4.78 is 0. The summed E-state index contributed by atoms with van der Waals surface area (Å²) in [7, 11) is 0. The molecular weight excluding hydrogens is 300 g/mol. The van der Waals surface area contributed by atoms with Crippen LogP contribution in [0.5, 0.6) is 0 Å². The van der Waals surface area contributed by atoms with E-state index in [-0.39, 0.29) is 5.41 Å². The topological polar surface area (TPSA) is 0 Å². The molecule has 25 heavy (non-hydrogen) atoms. The summed E-state index contributed by atoms with van der Waals surface area (Å²) in [6, 6.07) is 0. The minimum atomic E-state index is 0.284. The summed E-state index contributed by atoms with van der Waals surface area (Å²) >= 11 is 0. The van der Waals surface area contributed by atoms with Crippen molar-refractivity contribution in [1.82, 2.24) is 0 Å². The Kier molecular flexibility index (Phi) is 3.81. The average Bonchev–Trinajstić information content (AvgIpc) is 2.87. The first kappa shape index (κ1) is 17.4. The second-order valence-electron chi connectivity index (χ2n) is 10.1. The van der Waals surface area contributed by atoms with Crippen LogP contribution in [0.1, 0.15) is 72.6 Å². The van der Waals surface area contributed by atoms with Crippen LogP contribution >= 0.6 is 0 Å². The Hall–Kier alpha value is -1.04. The Morgan fingerprint density at radius 1 is 1.12 bits per heavy atom. The summed E-state index contributed by atoms with van der Waals surface area (Å²) in [6.07, 6.45) is 16.5. The highest BCUT2D eigenvalue weighted by atomic mass is 14.7. The van der Waals surface area contributed by atoms with Gasteiger partial charge in [-0.1, -0.05) is 70.2 Å². The molecule has 0 heterocycles. The van der Waals surface area contributed by atoms with Crippen molar-refractivity contribution in [2.45, 2.75) is 72.6 Å². The molecule has 6 atom stereocenters. The summed E-state index contributed by atoms with van der Waals surface area (Å²) in [5, 5.41) is 0. The van der Waals surface area contributed by atoms with Gasteiger partial charge in [-0.2, -0.15) is 0 Å². The van der Waals surface area contributed by atoms with E-state index < -0.39 is 0 Å². The van der Waals surface area contributed by atoms with Gasteiger partial charge in [-0.25, -0.2) is 0 Å². The molecule has 4 aliphatic rings. The molecule has 136 valence electrons. The average molecular weight is 337 g/mol. The molecule has 0 aromatic rings. The van der Waals surface area contributed by atoms with Gasteiger partial charge in [-0.05, 0) is 79.1 Å². The fourth-order valence-corrected chi connectivity index (χ4v) is 7.51. The van der Waals surface area contributed by atoms with Crippen LogP contribution in [0.4, 0.5) is 0 Å². The molecule has 0 aromatic heterocycles. The van der Waals surface area contributed by atoms with Gasteiger partial charge in [0.05, 0.1) is 0 Å². The third-order valence-corrected chi connectivity index (χ3v) is 9.46. The fraction of sp³-hybridized carbons (Fsp3) is 0.680. The van der Waals surface area contributed by atoms with Crippen LogP contribution < -0.4 is 0 Å². The molecule has 4 rings (SSSR count). The van der Waals surface area contributed by atoms with Gasteiger partial charge in [0, 0.05) is 5.41 Å². The molecule has 4 aliphatic carbocycles. The maximum atomic E-state index is 4.52. The van der Waals surface area contributed by atoms with E-state index in [1.165, 1.54) is 49.7 Å². The Morgan fingerprint density at radius 3 is 2.56 bits per heavy atom. The SMILES string of the molecule is C=C1C=CC2(C)C(=C1)CCC1C2CCC2(C)[C@H]1CC[C@]2(C)C(=C)CC. The monoisotopic (exact) mass is 336 g/mol. The Balaban J connectivity index is 1.69. The van der Waals surface area contributed by atoms with E-state index in [0.29, 0.717) is 10.8 Å². The minimum absolute atomic E-state index is 0.284. The molecule has 0 bridgehead atoms. The van der Waals surface area contributed by atoms with Crippen LogP contribution in [0.15, 0.2) is 48.1 Å². The van der Waals surface area contributed by atoms with Gasteiger partial charge in [0.1, 0.15) is 0 Å². The predicted molar refractivity (Wildman–Crippen MR) is 108 cm³/mol. The molecule has 0 aromatic carbocycles. The number of fused-ring (bicyclic) bond motifs is 5. The standard InChI is InChI=1S/C25H36/c1-7-18(3)24(5)14-12-22-20-9-8-19-16-17(2)10-13-23(19,4)21(20)11-15-25(22,24)6/h10,13,16,20-22H,2-3,7-9,11-12,14-15H2,1,4-6H3/t20?,21?,22-,23?,24+,25?/m0/s1. The largest absolute Gasteiger partial charge is 0.0993 e. The quantitative estimate of drug-likeness (QED) is 0.466. The second kappa shape index (κ2) is 5.48. The lowest BCUT2D eigenvalue weighted by Crippen LogP contribution is -2.51. The smallest absolute Gasteiger partial charge is 0.0100 e. The predicted octanol–water partition coefficient (Wildman–Crippen LogP) is 7.25. The number of rotatable bonds is 2. The van der Waals surface area contributed by atoms with Crippen LogP contribution in [0.25, 0.3) is 0 Å². The normalized spacial score (nSPS) is 48.4. The van der Waals surface area contributed by atoms with Gasteiger partial charge in [0.15, 0.2) is 0 Å². The lowest BCUT2D eigenvalue weighted by molar-refractivity contribution is -0.0516. The lowest BCUT2D eigenvalue weighted by Gasteiger charge is -2.59. The number of hydrogen-bond acceptors (Lipinski definition) is 0. The Bertz CT molecular complexity index is 676. The van der Waals surface area contributed by atoms with Crippen molar-refractivity contribution in [2.24, 2.45) is 34.0 Å². The molecule has 0 nitrogen and oxygen atoms in total. The van der Waals surface area contributed by atoms with E-state index in [9.17, 15) is 0 Å². The minimum Gasteiger partial charge on any atom is -0.0993 e. The third kappa shape index (κ3) is 2.12. The van der Waals surface area contributed by atoms with E-state index in [1.54, 1.807) is 5.57 Å². The van der Waals surface area contributed by atoms with Crippen LogP contribution in [0.3, 0.4) is 0 Å². The highest BCUT2D eigenvalue weighted by molar-refractivity contribution is 5.43. The van der Waals surface area contributed by atoms with Crippen LogP contribution in [-0.4, -0.2) is 0 Å². The molecule has 4 unspecified atom stereocenters.